The van der Waals surface area contributed by atoms with Crippen LogP contribution in [0.5, 0.6) is 5.75 Å². The summed E-state index contributed by atoms with van der Waals surface area (Å²) in [6.45, 7) is 6.22. The predicted molar refractivity (Wildman–Crippen MR) is 95.9 cm³/mol. The molecule has 2 aromatic rings. The van der Waals surface area contributed by atoms with Gasteiger partial charge in [-0.25, -0.2) is 0 Å². The zero-order valence-corrected chi connectivity index (χ0v) is 15.5. The standard InChI is InChI=1S/C19H24O5S/c1-14(2)12-23-18-9-16(11-20)8-17(10-18)13-24-25(21,22)19-6-4-15(3)5-7-19/h4-10,14,20H,11-13H2,1-3H3. The van der Waals surface area contributed by atoms with Crippen molar-refractivity contribution < 1.29 is 22.4 Å². The van der Waals surface area contributed by atoms with E-state index in [1.165, 1.54) is 12.1 Å². The van der Waals surface area contributed by atoms with Gasteiger partial charge < -0.3 is 9.84 Å². The van der Waals surface area contributed by atoms with Crippen LogP contribution in [0.2, 0.25) is 0 Å². The average molecular weight is 364 g/mol. The molecule has 0 atom stereocenters. The van der Waals surface area contributed by atoms with Crippen LogP contribution in [0.4, 0.5) is 0 Å². The van der Waals surface area contributed by atoms with Gasteiger partial charge in [0.2, 0.25) is 0 Å². The zero-order valence-electron chi connectivity index (χ0n) is 14.7. The Morgan fingerprint density at radius 1 is 1.04 bits per heavy atom. The Morgan fingerprint density at radius 2 is 1.68 bits per heavy atom. The summed E-state index contributed by atoms with van der Waals surface area (Å²) in [5.74, 6) is 0.950. The van der Waals surface area contributed by atoms with Crippen molar-refractivity contribution in [2.75, 3.05) is 6.61 Å². The number of aliphatic hydroxyl groups is 1. The van der Waals surface area contributed by atoms with E-state index in [1.807, 2.05) is 20.8 Å². The number of hydrogen-bond donors (Lipinski definition) is 1. The fourth-order valence-corrected chi connectivity index (χ4v) is 3.06. The van der Waals surface area contributed by atoms with E-state index in [1.54, 1.807) is 30.3 Å². The highest BCUT2D eigenvalue weighted by molar-refractivity contribution is 7.86. The van der Waals surface area contributed by atoms with Gasteiger partial charge in [-0.2, -0.15) is 8.42 Å². The van der Waals surface area contributed by atoms with E-state index in [0.717, 1.165) is 5.56 Å². The monoisotopic (exact) mass is 364 g/mol. The van der Waals surface area contributed by atoms with Crippen molar-refractivity contribution >= 4 is 10.1 Å². The van der Waals surface area contributed by atoms with Crippen LogP contribution in [0.3, 0.4) is 0 Å². The second kappa shape index (κ2) is 8.47. The lowest BCUT2D eigenvalue weighted by molar-refractivity contribution is 0.263. The van der Waals surface area contributed by atoms with Crippen molar-refractivity contribution in [3.8, 4) is 5.75 Å². The van der Waals surface area contributed by atoms with Crippen LogP contribution in [0, 0.1) is 12.8 Å². The van der Waals surface area contributed by atoms with Gasteiger partial charge in [0.05, 0.1) is 24.7 Å². The molecule has 0 heterocycles. The SMILES string of the molecule is Cc1ccc(S(=O)(=O)OCc2cc(CO)cc(OCC(C)C)c2)cc1. The Balaban J connectivity index is 2.13. The van der Waals surface area contributed by atoms with Gasteiger partial charge in [0, 0.05) is 0 Å². The molecule has 0 fully saturated rings. The zero-order chi connectivity index (χ0) is 18.4. The Bertz CT molecular complexity index is 795. The molecule has 0 aliphatic rings. The van der Waals surface area contributed by atoms with Crippen LogP contribution in [-0.4, -0.2) is 20.1 Å². The Labute approximate surface area is 149 Å². The molecule has 5 nitrogen and oxygen atoms in total. The molecule has 0 aliphatic heterocycles. The first-order valence-electron chi connectivity index (χ1n) is 8.13. The molecule has 0 aromatic heterocycles. The largest absolute Gasteiger partial charge is 0.493 e. The molecule has 6 heteroatoms. The quantitative estimate of drug-likeness (QED) is 0.727. The lowest BCUT2D eigenvalue weighted by Crippen LogP contribution is -2.08. The van der Waals surface area contributed by atoms with Crippen LogP contribution >= 0.6 is 0 Å². The van der Waals surface area contributed by atoms with E-state index in [-0.39, 0.29) is 18.1 Å². The third kappa shape index (κ3) is 5.85. The van der Waals surface area contributed by atoms with E-state index in [2.05, 4.69) is 0 Å². The van der Waals surface area contributed by atoms with Crippen molar-refractivity contribution in [3.63, 3.8) is 0 Å². The number of benzene rings is 2. The molecule has 0 aliphatic carbocycles. The number of hydrogen-bond acceptors (Lipinski definition) is 5. The molecule has 0 bridgehead atoms. The molecule has 0 spiro atoms. The molecule has 0 amide bonds. The first-order valence-corrected chi connectivity index (χ1v) is 9.53. The van der Waals surface area contributed by atoms with Gasteiger partial charge in [0.15, 0.2) is 0 Å². The van der Waals surface area contributed by atoms with Crippen molar-refractivity contribution in [3.05, 3.63) is 59.2 Å². The van der Waals surface area contributed by atoms with Gasteiger partial charge >= 0.3 is 0 Å². The molecule has 25 heavy (non-hydrogen) atoms. The van der Waals surface area contributed by atoms with Crippen LogP contribution in [0.25, 0.3) is 0 Å². The van der Waals surface area contributed by atoms with Gasteiger partial charge in [0.1, 0.15) is 5.75 Å². The highest BCUT2D eigenvalue weighted by Crippen LogP contribution is 2.21. The third-order valence-corrected chi connectivity index (χ3v) is 4.76. The predicted octanol–water partition coefficient (Wildman–Crippen LogP) is 3.43. The van der Waals surface area contributed by atoms with Gasteiger partial charge in [-0.15, -0.1) is 0 Å². The van der Waals surface area contributed by atoms with Crippen LogP contribution in [0.1, 0.15) is 30.5 Å². The smallest absolute Gasteiger partial charge is 0.297 e. The van der Waals surface area contributed by atoms with Crippen molar-refractivity contribution in [2.24, 2.45) is 5.92 Å². The minimum absolute atomic E-state index is 0.118. The highest BCUT2D eigenvalue weighted by atomic mass is 32.2. The molecule has 2 rings (SSSR count). The second-order valence-corrected chi connectivity index (χ2v) is 7.99. The number of ether oxygens (including phenoxy) is 1. The Hall–Kier alpha value is -1.89. The maximum absolute atomic E-state index is 12.3. The number of aryl methyl sites for hydroxylation is 1. The van der Waals surface area contributed by atoms with Gasteiger partial charge in [-0.3, -0.25) is 4.18 Å². The topological polar surface area (TPSA) is 72.8 Å². The van der Waals surface area contributed by atoms with Gasteiger partial charge in [0.25, 0.3) is 10.1 Å². The molecule has 2 aromatic carbocycles. The Kier molecular flexibility index (Phi) is 6.58. The first-order chi connectivity index (χ1) is 11.8. The fraction of sp³-hybridized carbons (Fsp3) is 0.368. The van der Waals surface area contributed by atoms with E-state index in [0.29, 0.717) is 29.4 Å². The van der Waals surface area contributed by atoms with Crippen LogP contribution in [-0.2, 0) is 27.5 Å². The summed E-state index contributed by atoms with van der Waals surface area (Å²) in [6, 6.07) is 11.7. The van der Waals surface area contributed by atoms with E-state index >= 15 is 0 Å². The number of aliphatic hydroxyl groups excluding tert-OH is 1. The Morgan fingerprint density at radius 3 is 2.28 bits per heavy atom. The van der Waals surface area contributed by atoms with E-state index in [9.17, 15) is 13.5 Å². The normalized spacial score (nSPS) is 11.7. The van der Waals surface area contributed by atoms with Crippen molar-refractivity contribution in [1.29, 1.82) is 0 Å². The van der Waals surface area contributed by atoms with Crippen LogP contribution < -0.4 is 4.74 Å². The second-order valence-electron chi connectivity index (χ2n) is 6.38. The highest BCUT2D eigenvalue weighted by Gasteiger charge is 2.15. The molecule has 0 unspecified atom stereocenters. The molecule has 136 valence electrons. The number of rotatable bonds is 8. The fourth-order valence-electron chi connectivity index (χ4n) is 2.17. The summed E-state index contributed by atoms with van der Waals surface area (Å²) in [5, 5.41) is 9.38. The summed E-state index contributed by atoms with van der Waals surface area (Å²) >= 11 is 0. The molecule has 0 saturated carbocycles. The molecule has 0 radical (unpaired) electrons. The summed E-state index contributed by atoms with van der Waals surface area (Å²) in [5.41, 5.74) is 2.25. The summed E-state index contributed by atoms with van der Waals surface area (Å²) in [6.07, 6.45) is 0. The summed E-state index contributed by atoms with van der Waals surface area (Å²) < 4.78 is 35.4. The molecular formula is C19H24O5S. The minimum atomic E-state index is -3.84. The molecule has 1 N–H and O–H groups in total. The van der Waals surface area contributed by atoms with Crippen molar-refractivity contribution in [2.45, 2.75) is 38.9 Å². The van der Waals surface area contributed by atoms with Crippen molar-refractivity contribution in [1.82, 2.24) is 0 Å². The van der Waals surface area contributed by atoms with Gasteiger partial charge in [-0.05, 0) is 48.2 Å². The third-order valence-electron chi connectivity index (χ3n) is 3.48. The first kappa shape index (κ1) is 19.4. The molecule has 0 saturated heterocycles. The lowest BCUT2D eigenvalue weighted by Gasteiger charge is -2.12. The maximum atomic E-state index is 12.3. The summed E-state index contributed by atoms with van der Waals surface area (Å²) in [7, 11) is -3.84. The van der Waals surface area contributed by atoms with Gasteiger partial charge in [-0.1, -0.05) is 37.6 Å². The average Bonchev–Trinajstić information content (AvgIpc) is 2.58. The van der Waals surface area contributed by atoms with E-state index < -0.39 is 10.1 Å². The lowest BCUT2D eigenvalue weighted by atomic mass is 10.1. The minimum Gasteiger partial charge on any atom is -0.493 e. The molecular weight excluding hydrogens is 340 g/mol. The van der Waals surface area contributed by atoms with E-state index in [4.69, 9.17) is 8.92 Å². The maximum Gasteiger partial charge on any atom is 0.297 e. The van der Waals surface area contributed by atoms with Crippen LogP contribution in [0.15, 0.2) is 47.4 Å². The summed E-state index contributed by atoms with van der Waals surface area (Å²) in [4.78, 5) is 0.118.